The maximum absolute atomic E-state index is 6.50. The number of nitrogens with two attached hydrogens (primary N) is 1. The molecule has 0 heterocycles. The normalized spacial score (nSPS) is 18.9. The summed E-state index contributed by atoms with van der Waals surface area (Å²) in [6.07, 6.45) is 6.29. The maximum Gasteiger partial charge on any atom is 0.0767 e. The van der Waals surface area contributed by atoms with Gasteiger partial charge in [-0.25, -0.2) is 0 Å². The zero-order valence-electron chi connectivity index (χ0n) is 12.3. The standard InChI is InChI=1S/C17H27NO/c1-3-8-16(19-4-2)17(18)15-12-6-5-11-14(15)13-9-7-10-13/h5-6,11-13,16-17H,3-4,7-10,18H2,1-2H3. The van der Waals surface area contributed by atoms with E-state index in [4.69, 9.17) is 10.5 Å². The Morgan fingerprint density at radius 1 is 1.26 bits per heavy atom. The Morgan fingerprint density at radius 3 is 2.58 bits per heavy atom. The number of rotatable bonds is 7. The minimum atomic E-state index is 0.0108. The van der Waals surface area contributed by atoms with Crippen LogP contribution >= 0.6 is 0 Å². The van der Waals surface area contributed by atoms with Crippen LogP contribution in [0.5, 0.6) is 0 Å². The molecule has 1 fully saturated rings. The molecular weight excluding hydrogens is 234 g/mol. The van der Waals surface area contributed by atoms with Gasteiger partial charge in [-0.2, -0.15) is 0 Å². The lowest BCUT2D eigenvalue weighted by atomic mass is 9.76. The SMILES string of the molecule is CCCC(OCC)C(N)c1ccccc1C1CCC1. The Hall–Kier alpha value is -0.860. The monoisotopic (exact) mass is 261 g/mol. The first kappa shape index (κ1) is 14.5. The molecule has 19 heavy (non-hydrogen) atoms. The van der Waals surface area contributed by atoms with Gasteiger partial charge in [-0.15, -0.1) is 0 Å². The molecule has 2 N–H and O–H groups in total. The third kappa shape index (κ3) is 3.37. The van der Waals surface area contributed by atoms with Crippen LogP contribution in [0.15, 0.2) is 24.3 Å². The van der Waals surface area contributed by atoms with Crippen LogP contribution in [0, 0.1) is 0 Å². The highest BCUT2D eigenvalue weighted by atomic mass is 16.5. The Morgan fingerprint density at radius 2 is 2.00 bits per heavy atom. The van der Waals surface area contributed by atoms with Crippen LogP contribution in [-0.2, 0) is 4.74 Å². The third-order valence-corrected chi connectivity index (χ3v) is 4.25. The second-order valence-corrected chi connectivity index (χ2v) is 5.56. The molecule has 0 aromatic heterocycles. The van der Waals surface area contributed by atoms with E-state index in [-0.39, 0.29) is 12.1 Å². The van der Waals surface area contributed by atoms with E-state index in [9.17, 15) is 0 Å². The lowest BCUT2D eigenvalue weighted by molar-refractivity contribution is 0.0371. The van der Waals surface area contributed by atoms with Crippen LogP contribution in [0.1, 0.15) is 69.0 Å². The van der Waals surface area contributed by atoms with E-state index in [0.29, 0.717) is 0 Å². The predicted molar refractivity (Wildman–Crippen MR) is 80.3 cm³/mol. The van der Waals surface area contributed by atoms with Crippen molar-refractivity contribution in [3.8, 4) is 0 Å². The Bertz CT molecular complexity index is 381. The average Bonchev–Trinajstić information content (AvgIpc) is 2.36. The van der Waals surface area contributed by atoms with Gasteiger partial charge in [0.25, 0.3) is 0 Å². The fraction of sp³-hybridized carbons (Fsp3) is 0.647. The molecule has 0 aliphatic heterocycles. The van der Waals surface area contributed by atoms with Crippen molar-refractivity contribution in [1.82, 2.24) is 0 Å². The fourth-order valence-electron chi connectivity index (χ4n) is 2.97. The molecule has 2 atom stereocenters. The molecule has 2 unspecified atom stereocenters. The molecule has 1 aromatic carbocycles. The minimum absolute atomic E-state index is 0.0108. The van der Waals surface area contributed by atoms with E-state index >= 15 is 0 Å². The van der Waals surface area contributed by atoms with Crippen molar-refractivity contribution in [2.45, 2.75) is 64.0 Å². The van der Waals surface area contributed by atoms with E-state index in [1.807, 2.05) is 6.92 Å². The molecule has 2 nitrogen and oxygen atoms in total. The Balaban J connectivity index is 2.18. The topological polar surface area (TPSA) is 35.2 Å². The maximum atomic E-state index is 6.50. The summed E-state index contributed by atoms with van der Waals surface area (Å²) in [4.78, 5) is 0. The first-order chi connectivity index (χ1) is 9.27. The molecule has 2 rings (SSSR count). The summed E-state index contributed by atoms with van der Waals surface area (Å²) in [5.74, 6) is 0.728. The van der Waals surface area contributed by atoms with Gasteiger partial charge in [0, 0.05) is 6.61 Å². The lowest BCUT2D eigenvalue weighted by Crippen LogP contribution is -2.30. The first-order valence-corrected chi connectivity index (χ1v) is 7.73. The van der Waals surface area contributed by atoms with Crippen molar-refractivity contribution in [1.29, 1.82) is 0 Å². The molecule has 0 spiro atoms. The van der Waals surface area contributed by atoms with E-state index in [2.05, 4.69) is 31.2 Å². The summed E-state index contributed by atoms with van der Waals surface area (Å²) in [5, 5.41) is 0. The van der Waals surface area contributed by atoms with Gasteiger partial charge in [-0.1, -0.05) is 44.0 Å². The van der Waals surface area contributed by atoms with Crippen molar-refractivity contribution in [3.05, 3.63) is 35.4 Å². The molecule has 0 amide bonds. The third-order valence-electron chi connectivity index (χ3n) is 4.25. The van der Waals surface area contributed by atoms with E-state index in [1.54, 1.807) is 0 Å². The number of ether oxygens (including phenoxy) is 1. The van der Waals surface area contributed by atoms with Crippen molar-refractivity contribution in [2.75, 3.05) is 6.61 Å². The van der Waals surface area contributed by atoms with Crippen LogP contribution in [0.3, 0.4) is 0 Å². The van der Waals surface area contributed by atoms with Gasteiger partial charge in [-0.3, -0.25) is 0 Å². The zero-order chi connectivity index (χ0) is 13.7. The highest BCUT2D eigenvalue weighted by Crippen LogP contribution is 2.40. The van der Waals surface area contributed by atoms with Crippen molar-refractivity contribution < 1.29 is 4.74 Å². The number of hydrogen-bond donors (Lipinski definition) is 1. The molecule has 0 radical (unpaired) electrons. The summed E-state index contributed by atoms with van der Waals surface area (Å²) in [6.45, 7) is 4.98. The van der Waals surface area contributed by atoms with Gasteiger partial charge in [0.15, 0.2) is 0 Å². The molecule has 1 aliphatic rings. The van der Waals surface area contributed by atoms with Crippen LogP contribution in [0.25, 0.3) is 0 Å². The number of hydrogen-bond acceptors (Lipinski definition) is 2. The fourth-order valence-corrected chi connectivity index (χ4v) is 2.97. The van der Waals surface area contributed by atoms with Gasteiger partial charge in [-0.05, 0) is 43.2 Å². The van der Waals surface area contributed by atoms with Crippen LogP contribution in [0.4, 0.5) is 0 Å². The van der Waals surface area contributed by atoms with Gasteiger partial charge in [0.1, 0.15) is 0 Å². The summed E-state index contributed by atoms with van der Waals surface area (Å²) < 4.78 is 5.86. The highest BCUT2D eigenvalue weighted by Gasteiger charge is 2.27. The highest BCUT2D eigenvalue weighted by molar-refractivity contribution is 5.34. The quantitative estimate of drug-likeness (QED) is 0.800. The zero-order valence-corrected chi connectivity index (χ0v) is 12.3. The van der Waals surface area contributed by atoms with E-state index in [0.717, 1.165) is 25.4 Å². The summed E-state index contributed by atoms with van der Waals surface area (Å²) in [7, 11) is 0. The smallest absolute Gasteiger partial charge is 0.0767 e. The van der Waals surface area contributed by atoms with Gasteiger partial charge in [0.2, 0.25) is 0 Å². The summed E-state index contributed by atoms with van der Waals surface area (Å²) in [6, 6.07) is 8.70. The van der Waals surface area contributed by atoms with Crippen molar-refractivity contribution >= 4 is 0 Å². The molecule has 1 saturated carbocycles. The Labute approximate surface area is 117 Å². The van der Waals surface area contributed by atoms with Gasteiger partial charge >= 0.3 is 0 Å². The second kappa shape index (κ2) is 7.06. The second-order valence-electron chi connectivity index (χ2n) is 5.56. The summed E-state index contributed by atoms with van der Waals surface area (Å²) in [5.41, 5.74) is 9.27. The number of benzene rings is 1. The van der Waals surface area contributed by atoms with Gasteiger partial charge in [0.05, 0.1) is 12.1 Å². The van der Waals surface area contributed by atoms with Crippen LogP contribution in [-0.4, -0.2) is 12.7 Å². The first-order valence-electron chi connectivity index (χ1n) is 7.73. The van der Waals surface area contributed by atoms with E-state index in [1.165, 1.54) is 30.4 Å². The molecule has 0 bridgehead atoms. The largest absolute Gasteiger partial charge is 0.377 e. The van der Waals surface area contributed by atoms with Crippen LogP contribution < -0.4 is 5.73 Å². The van der Waals surface area contributed by atoms with Crippen LogP contribution in [0.2, 0.25) is 0 Å². The lowest BCUT2D eigenvalue weighted by Gasteiger charge is -2.32. The summed E-state index contributed by atoms with van der Waals surface area (Å²) >= 11 is 0. The van der Waals surface area contributed by atoms with Crippen molar-refractivity contribution in [3.63, 3.8) is 0 Å². The molecule has 0 saturated heterocycles. The molecule has 1 aliphatic carbocycles. The Kier molecular flexibility index (Phi) is 5.41. The molecular formula is C17H27NO. The molecule has 1 aromatic rings. The predicted octanol–water partition coefficient (Wildman–Crippen LogP) is 4.16. The van der Waals surface area contributed by atoms with E-state index < -0.39 is 0 Å². The van der Waals surface area contributed by atoms with Crippen molar-refractivity contribution in [2.24, 2.45) is 5.73 Å². The minimum Gasteiger partial charge on any atom is -0.377 e. The van der Waals surface area contributed by atoms with Gasteiger partial charge < -0.3 is 10.5 Å². The molecule has 106 valence electrons. The average molecular weight is 261 g/mol. The molecule has 2 heteroatoms.